The van der Waals surface area contributed by atoms with Gasteiger partial charge in [0.15, 0.2) is 0 Å². The van der Waals surface area contributed by atoms with E-state index in [-0.39, 0.29) is 18.0 Å². The molecule has 0 saturated heterocycles. The molecule has 0 aromatic carbocycles. The molecule has 0 amide bonds. The summed E-state index contributed by atoms with van der Waals surface area (Å²) in [7, 11) is 0. The van der Waals surface area contributed by atoms with E-state index >= 15 is 0 Å². The largest absolute Gasteiger partial charge is 0.463 e. The molecule has 0 bridgehead atoms. The van der Waals surface area contributed by atoms with Crippen molar-refractivity contribution < 1.29 is 9.47 Å². The Morgan fingerprint density at radius 3 is 2.65 bits per heavy atom. The van der Waals surface area contributed by atoms with Crippen LogP contribution in [-0.2, 0) is 0 Å². The number of nitrogens with one attached hydrogen (secondary N) is 1. The minimum atomic E-state index is 0.0877. The van der Waals surface area contributed by atoms with Gasteiger partial charge in [-0.3, -0.25) is 10.4 Å². The summed E-state index contributed by atoms with van der Waals surface area (Å²) in [6.45, 7) is 4.37. The van der Waals surface area contributed by atoms with Crippen LogP contribution in [0.5, 0.6) is 17.8 Å². The molecular weight excluding hydrogens is 260 g/mol. The van der Waals surface area contributed by atoms with E-state index < -0.39 is 0 Å². The lowest BCUT2D eigenvalue weighted by Gasteiger charge is -2.08. The topological polar surface area (TPSA) is 108 Å². The van der Waals surface area contributed by atoms with E-state index in [4.69, 9.17) is 15.3 Å². The maximum atomic E-state index is 5.50. The second-order valence-electron chi connectivity index (χ2n) is 3.95. The minimum Gasteiger partial charge on any atom is -0.463 e. The number of nitrogens with zero attached hydrogens (tertiary/aromatic N) is 4. The van der Waals surface area contributed by atoms with Gasteiger partial charge in [-0.2, -0.15) is 9.97 Å². The van der Waals surface area contributed by atoms with E-state index in [0.717, 1.165) is 12.1 Å². The molecule has 8 nitrogen and oxygen atoms in total. The molecule has 2 rings (SSSR count). The molecule has 20 heavy (non-hydrogen) atoms. The molecule has 0 spiro atoms. The van der Waals surface area contributed by atoms with Crippen LogP contribution in [0.3, 0.4) is 0 Å². The van der Waals surface area contributed by atoms with E-state index in [1.807, 2.05) is 19.9 Å². The van der Waals surface area contributed by atoms with E-state index in [0.29, 0.717) is 12.4 Å². The lowest BCUT2D eigenvalue weighted by atomic mass is 10.4. The fourth-order valence-electron chi connectivity index (χ4n) is 1.33. The highest BCUT2D eigenvalue weighted by Gasteiger charge is 2.09. The van der Waals surface area contributed by atoms with Crippen LogP contribution in [0.2, 0.25) is 0 Å². The van der Waals surface area contributed by atoms with Gasteiger partial charge in [0.05, 0.1) is 12.8 Å². The molecule has 0 radical (unpaired) electrons. The van der Waals surface area contributed by atoms with E-state index in [2.05, 4.69) is 25.4 Å². The Bertz CT molecular complexity index is 560. The Kier molecular flexibility index (Phi) is 4.61. The summed E-state index contributed by atoms with van der Waals surface area (Å²) in [5.74, 6) is 5.99. The summed E-state index contributed by atoms with van der Waals surface area (Å²) < 4.78 is 10.8. The highest BCUT2D eigenvalue weighted by atomic mass is 16.5. The van der Waals surface area contributed by atoms with Crippen LogP contribution in [0.25, 0.3) is 0 Å². The standard InChI is InChI=1S/C12H16N6O2/c1-3-6-19-11-15-10(18-13)16-12(17-11)20-9-5-4-8(2)14-7-9/h4-5,7H,3,6,13H2,1-2H3,(H,15,16,17,18). The SMILES string of the molecule is CCCOc1nc(NN)nc(Oc2ccc(C)nc2)n1. The quantitative estimate of drug-likeness (QED) is 0.602. The third kappa shape index (κ3) is 3.75. The van der Waals surface area contributed by atoms with Gasteiger partial charge < -0.3 is 9.47 Å². The van der Waals surface area contributed by atoms with Gasteiger partial charge in [0.25, 0.3) is 0 Å². The number of ether oxygens (including phenoxy) is 2. The van der Waals surface area contributed by atoms with Crippen molar-refractivity contribution in [3.63, 3.8) is 0 Å². The second kappa shape index (κ2) is 6.62. The van der Waals surface area contributed by atoms with Crippen LogP contribution in [0.15, 0.2) is 18.3 Å². The Balaban J connectivity index is 2.19. The predicted molar refractivity (Wildman–Crippen MR) is 72.5 cm³/mol. The van der Waals surface area contributed by atoms with Gasteiger partial charge in [0.1, 0.15) is 5.75 Å². The number of hydrazine groups is 1. The van der Waals surface area contributed by atoms with Crippen molar-refractivity contribution in [1.82, 2.24) is 19.9 Å². The maximum Gasteiger partial charge on any atom is 0.330 e. The van der Waals surface area contributed by atoms with Crippen LogP contribution in [-0.4, -0.2) is 26.5 Å². The summed E-state index contributed by atoms with van der Waals surface area (Å²) in [5.41, 5.74) is 3.23. The molecular formula is C12H16N6O2. The van der Waals surface area contributed by atoms with Crippen LogP contribution in [0, 0.1) is 6.92 Å². The van der Waals surface area contributed by atoms with Gasteiger partial charge in [-0.05, 0) is 25.5 Å². The second-order valence-corrected chi connectivity index (χ2v) is 3.95. The van der Waals surface area contributed by atoms with Crippen LogP contribution in [0.4, 0.5) is 5.95 Å². The smallest absolute Gasteiger partial charge is 0.330 e. The molecule has 0 aliphatic heterocycles. The number of aryl methyl sites for hydroxylation is 1. The Labute approximate surface area is 116 Å². The molecule has 2 aromatic rings. The first-order valence-electron chi connectivity index (χ1n) is 6.17. The Hall–Kier alpha value is -2.48. The number of anilines is 1. The fourth-order valence-corrected chi connectivity index (χ4v) is 1.33. The highest BCUT2D eigenvalue weighted by Crippen LogP contribution is 2.19. The van der Waals surface area contributed by atoms with Gasteiger partial charge in [-0.15, -0.1) is 4.98 Å². The average molecular weight is 276 g/mol. The Morgan fingerprint density at radius 1 is 1.20 bits per heavy atom. The van der Waals surface area contributed by atoms with Gasteiger partial charge in [-0.1, -0.05) is 6.92 Å². The first-order chi connectivity index (χ1) is 9.71. The van der Waals surface area contributed by atoms with Crippen molar-refractivity contribution in [3.05, 3.63) is 24.0 Å². The van der Waals surface area contributed by atoms with Crippen molar-refractivity contribution in [2.75, 3.05) is 12.0 Å². The number of nitrogen functional groups attached to an aromatic ring is 1. The number of hydrogen-bond donors (Lipinski definition) is 2. The third-order valence-electron chi connectivity index (χ3n) is 2.25. The number of aromatic nitrogens is 4. The van der Waals surface area contributed by atoms with Gasteiger partial charge in [0.2, 0.25) is 5.95 Å². The summed E-state index contributed by atoms with van der Waals surface area (Å²) in [6, 6.07) is 3.84. The molecule has 0 aliphatic carbocycles. The van der Waals surface area contributed by atoms with E-state index in [1.54, 1.807) is 12.3 Å². The van der Waals surface area contributed by atoms with Crippen LogP contribution < -0.4 is 20.7 Å². The maximum absolute atomic E-state index is 5.50. The number of hydrogen-bond acceptors (Lipinski definition) is 8. The van der Waals surface area contributed by atoms with Crippen molar-refractivity contribution in [2.45, 2.75) is 20.3 Å². The normalized spacial score (nSPS) is 10.2. The first-order valence-corrected chi connectivity index (χ1v) is 6.17. The average Bonchev–Trinajstić information content (AvgIpc) is 2.47. The molecule has 106 valence electrons. The number of rotatable bonds is 6. The highest BCUT2D eigenvalue weighted by molar-refractivity contribution is 5.28. The fraction of sp³-hybridized carbons (Fsp3) is 0.333. The van der Waals surface area contributed by atoms with E-state index in [9.17, 15) is 0 Å². The summed E-state index contributed by atoms with van der Waals surface area (Å²) >= 11 is 0. The number of nitrogens with two attached hydrogens (primary N) is 1. The molecule has 2 heterocycles. The summed E-state index contributed by atoms with van der Waals surface area (Å²) in [4.78, 5) is 16.1. The summed E-state index contributed by atoms with van der Waals surface area (Å²) in [6.07, 6.45) is 2.43. The van der Waals surface area contributed by atoms with Crippen molar-refractivity contribution in [2.24, 2.45) is 5.84 Å². The van der Waals surface area contributed by atoms with Gasteiger partial charge in [0, 0.05) is 5.69 Å². The zero-order valence-corrected chi connectivity index (χ0v) is 11.3. The van der Waals surface area contributed by atoms with E-state index in [1.165, 1.54) is 0 Å². The van der Waals surface area contributed by atoms with Crippen LogP contribution >= 0.6 is 0 Å². The van der Waals surface area contributed by atoms with Gasteiger partial charge in [-0.25, -0.2) is 5.84 Å². The first kappa shape index (κ1) is 13.9. The molecule has 0 atom stereocenters. The number of pyridine rings is 1. The zero-order chi connectivity index (χ0) is 14.4. The van der Waals surface area contributed by atoms with Gasteiger partial charge >= 0.3 is 12.0 Å². The minimum absolute atomic E-state index is 0.0877. The molecule has 0 aliphatic rings. The third-order valence-corrected chi connectivity index (χ3v) is 2.25. The molecule has 0 saturated carbocycles. The molecule has 0 fully saturated rings. The summed E-state index contributed by atoms with van der Waals surface area (Å²) in [5, 5.41) is 0. The van der Waals surface area contributed by atoms with Crippen molar-refractivity contribution in [3.8, 4) is 17.8 Å². The molecule has 0 unspecified atom stereocenters. The lowest BCUT2D eigenvalue weighted by molar-refractivity contribution is 0.285. The predicted octanol–water partition coefficient (Wildman–Crippen LogP) is 1.44. The van der Waals surface area contributed by atoms with Crippen molar-refractivity contribution >= 4 is 5.95 Å². The lowest BCUT2D eigenvalue weighted by Crippen LogP contribution is -2.13. The Morgan fingerprint density at radius 2 is 2.00 bits per heavy atom. The van der Waals surface area contributed by atoms with Crippen molar-refractivity contribution in [1.29, 1.82) is 0 Å². The van der Waals surface area contributed by atoms with Crippen LogP contribution in [0.1, 0.15) is 19.0 Å². The monoisotopic (exact) mass is 276 g/mol. The molecule has 2 aromatic heterocycles. The molecule has 3 N–H and O–H groups in total. The zero-order valence-electron chi connectivity index (χ0n) is 11.3. The molecule has 8 heteroatoms.